The summed E-state index contributed by atoms with van der Waals surface area (Å²) in [4.78, 5) is 35.8. The zero-order valence-electron chi connectivity index (χ0n) is 18.4. The van der Waals surface area contributed by atoms with Crippen LogP contribution in [-0.2, 0) is 9.59 Å². The van der Waals surface area contributed by atoms with Crippen molar-refractivity contribution in [2.45, 2.75) is 51.2 Å². The number of aliphatic imine (C=N–C) groups is 1. The summed E-state index contributed by atoms with van der Waals surface area (Å²) in [6.45, 7) is 4.19. The lowest BCUT2D eigenvalue weighted by molar-refractivity contribution is -0.140. The fourth-order valence-electron chi connectivity index (χ4n) is 4.42. The number of allylic oxidation sites excluding steroid dienone is 2. The second-order valence-corrected chi connectivity index (χ2v) is 8.49. The van der Waals surface area contributed by atoms with Crippen LogP contribution < -0.4 is 16.0 Å². The van der Waals surface area contributed by atoms with Gasteiger partial charge in [-0.15, -0.1) is 0 Å². The average molecular weight is 439 g/mol. The number of hydrogen-bond acceptors (Lipinski definition) is 6. The lowest BCUT2D eigenvalue weighted by Crippen LogP contribution is -2.45. The third-order valence-corrected chi connectivity index (χ3v) is 6.04. The van der Waals surface area contributed by atoms with Crippen LogP contribution in [0.25, 0.3) is 0 Å². The van der Waals surface area contributed by atoms with Gasteiger partial charge in [-0.05, 0) is 51.2 Å². The van der Waals surface area contributed by atoms with Crippen LogP contribution in [0, 0.1) is 11.5 Å². The maximum atomic E-state index is 13.2. The predicted molar refractivity (Wildman–Crippen MR) is 119 cm³/mol. The Kier molecular flexibility index (Phi) is 6.63. The van der Waals surface area contributed by atoms with E-state index >= 15 is 0 Å². The molecule has 0 aromatic heterocycles. The van der Waals surface area contributed by atoms with Gasteiger partial charge in [0.2, 0.25) is 17.8 Å². The molecule has 0 bridgehead atoms. The smallest absolute Gasteiger partial charge is 0.247 e. The first-order chi connectivity index (χ1) is 15.5. The Morgan fingerprint density at radius 3 is 2.81 bits per heavy atom. The fraction of sp³-hybridized carbons (Fsp3) is 0.545. The van der Waals surface area contributed by atoms with E-state index in [4.69, 9.17) is 0 Å². The molecule has 4 heterocycles. The minimum absolute atomic E-state index is 0.00333. The molecule has 0 aromatic carbocycles. The highest BCUT2D eigenvalue weighted by Gasteiger charge is 2.30. The van der Waals surface area contributed by atoms with E-state index in [0.29, 0.717) is 13.0 Å². The van der Waals surface area contributed by atoms with E-state index in [-0.39, 0.29) is 30.5 Å². The quantitative estimate of drug-likeness (QED) is 0.253. The van der Waals surface area contributed by atoms with Crippen LogP contribution in [0.4, 0.5) is 0 Å². The van der Waals surface area contributed by atoms with Gasteiger partial charge in [-0.2, -0.15) is 5.26 Å². The van der Waals surface area contributed by atoms with Crippen LogP contribution >= 0.6 is 0 Å². The van der Waals surface area contributed by atoms with Crippen LogP contribution in [-0.4, -0.2) is 70.9 Å². The van der Waals surface area contributed by atoms with Crippen LogP contribution in [0.3, 0.4) is 0 Å². The molecule has 10 nitrogen and oxygen atoms in total. The lowest BCUT2D eigenvalue weighted by Gasteiger charge is -2.26. The molecule has 2 amide bonds. The van der Waals surface area contributed by atoms with Gasteiger partial charge >= 0.3 is 0 Å². The Hall–Kier alpha value is -3.48. The highest BCUT2D eigenvalue weighted by atomic mass is 16.2. The Labute approximate surface area is 188 Å². The van der Waals surface area contributed by atoms with Crippen molar-refractivity contribution in [1.29, 1.82) is 5.26 Å². The number of carbonyl (C=O) groups is 2. The Morgan fingerprint density at radius 2 is 2.03 bits per heavy atom. The average Bonchev–Trinajstić information content (AvgIpc) is 3.39. The minimum atomic E-state index is -0.635. The summed E-state index contributed by atoms with van der Waals surface area (Å²) in [6, 6.07) is -0.635. The van der Waals surface area contributed by atoms with Gasteiger partial charge in [-0.1, -0.05) is 0 Å². The Bertz CT molecular complexity index is 909. The van der Waals surface area contributed by atoms with E-state index in [9.17, 15) is 14.9 Å². The van der Waals surface area contributed by atoms with E-state index in [0.717, 1.165) is 50.2 Å². The number of likely N-dealkylation sites (tertiary alicyclic amines) is 2. The molecule has 4 aliphatic heterocycles. The van der Waals surface area contributed by atoms with Gasteiger partial charge in [0, 0.05) is 37.7 Å². The maximum Gasteiger partial charge on any atom is 0.247 e. The summed E-state index contributed by atoms with van der Waals surface area (Å²) < 4.78 is 0. The number of fused-ring (bicyclic) bond motifs is 1. The number of amides is 2. The Balaban J connectivity index is 1.45. The van der Waals surface area contributed by atoms with Crippen molar-refractivity contribution in [2.24, 2.45) is 4.99 Å². The molecule has 2 unspecified atom stereocenters. The molecule has 32 heavy (non-hydrogen) atoms. The monoisotopic (exact) mass is 438 g/mol. The molecule has 0 aromatic rings. The second-order valence-electron chi connectivity index (χ2n) is 8.49. The molecule has 4 rings (SSSR count). The summed E-state index contributed by atoms with van der Waals surface area (Å²) in [7, 11) is 0. The molecule has 3 N–H and O–H groups in total. The zero-order valence-corrected chi connectivity index (χ0v) is 18.4. The third kappa shape index (κ3) is 5.04. The van der Waals surface area contributed by atoms with Crippen molar-refractivity contribution in [3.63, 3.8) is 0 Å². The molecular formula is C22H30N8O2. The van der Waals surface area contributed by atoms with Crippen molar-refractivity contribution >= 4 is 17.8 Å². The predicted octanol–water partition coefficient (Wildman–Crippen LogP) is 0.510. The third-order valence-electron chi connectivity index (χ3n) is 6.04. The molecule has 10 heteroatoms. The van der Waals surface area contributed by atoms with E-state index in [1.54, 1.807) is 4.90 Å². The van der Waals surface area contributed by atoms with Crippen LogP contribution in [0.1, 0.15) is 39.0 Å². The number of nitrogens with one attached hydrogen (secondary N) is 3. The van der Waals surface area contributed by atoms with Crippen molar-refractivity contribution < 1.29 is 9.59 Å². The van der Waals surface area contributed by atoms with Crippen LogP contribution in [0.2, 0.25) is 0 Å². The van der Waals surface area contributed by atoms with E-state index < -0.39 is 6.04 Å². The standard InChI is InChI=1S/C22H30N8O2/c1-16-12-30-13-17(7-8-19(30)25-16)26-22(24-15-23)27-18-6-2-3-11-29(21(18)32)14-20(31)28-9-4-5-10-28/h7-8,12-13,18-19,25H,2-6,9-11,14H2,1H3,(H2,24,26,27). The fourth-order valence-corrected chi connectivity index (χ4v) is 4.42. The first-order valence-electron chi connectivity index (χ1n) is 11.2. The molecule has 0 saturated carbocycles. The Morgan fingerprint density at radius 1 is 1.25 bits per heavy atom. The van der Waals surface area contributed by atoms with Crippen LogP contribution in [0.5, 0.6) is 0 Å². The van der Waals surface area contributed by atoms with Gasteiger partial charge in [0.1, 0.15) is 12.2 Å². The first kappa shape index (κ1) is 21.7. The molecular weight excluding hydrogens is 408 g/mol. The summed E-state index contributed by atoms with van der Waals surface area (Å²) in [5.41, 5.74) is 1.81. The highest BCUT2D eigenvalue weighted by molar-refractivity contribution is 5.91. The molecule has 0 radical (unpaired) electrons. The van der Waals surface area contributed by atoms with Gasteiger partial charge < -0.3 is 25.3 Å². The second kappa shape index (κ2) is 9.77. The molecule has 4 aliphatic rings. The van der Waals surface area contributed by atoms with Crippen molar-refractivity contribution in [2.75, 3.05) is 26.2 Å². The first-order valence-corrected chi connectivity index (χ1v) is 11.2. The largest absolute Gasteiger partial charge is 0.364 e. The minimum Gasteiger partial charge on any atom is -0.364 e. The molecule has 0 aliphatic carbocycles. The molecule has 2 atom stereocenters. The maximum absolute atomic E-state index is 13.2. The van der Waals surface area contributed by atoms with Crippen molar-refractivity contribution in [3.05, 3.63) is 35.9 Å². The summed E-state index contributed by atoms with van der Waals surface area (Å²) in [6.07, 6.45) is 14.1. The van der Waals surface area contributed by atoms with Gasteiger partial charge in [0.05, 0.1) is 12.2 Å². The molecule has 170 valence electrons. The van der Waals surface area contributed by atoms with Gasteiger partial charge in [-0.3, -0.25) is 14.9 Å². The number of guanidine groups is 1. The number of nitriles is 1. The van der Waals surface area contributed by atoms with Gasteiger partial charge in [0.15, 0.2) is 6.19 Å². The normalized spacial score (nSPS) is 25.4. The van der Waals surface area contributed by atoms with E-state index in [1.165, 1.54) is 0 Å². The van der Waals surface area contributed by atoms with Crippen molar-refractivity contribution in [1.82, 2.24) is 30.7 Å². The van der Waals surface area contributed by atoms with Crippen molar-refractivity contribution in [3.8, 4) is 6.19 Å². The summed E-state index contributed by atoms with van der Waals surface area (Å²) >= 11 is 0. The number of carbonyl (C=O) groups excluding carboxylic acids is 2. The SMILES string of the molecule is CC1=CN2C=C(NC(=NC3CCCCN(CC(=O)N4CCCC4)C3=O)NC#N)C=CC2N1. The zero-order chi connectivity index (χ0) is 22.5. The number of hydrogen-bond donors (Lipinski definition) is 3. The molecule has 0 spiro atoms. The molecule has 2 fully saturated rings. The molecule has 2 saturated heterocycles. The lowest BCUT2D eigenvalue weighted by atomic mass is 10.1. The summed E-state index contributed by atoms with van der Waals surface area (Å²) in [5, 5.41) is 18.2. The summed E-state index contributed by atoms with van der Waals surface area (Å²) in [5.74, 6) is 0.0639. The topological polar surface area (TPSA) is 116 Å². The van der Waals surface area contributed by atoms with Crippen LogP contribution in [0.15, 0.2) is 40.9 Å². The van der Waals surface area contributed by atoms with E-state index in [2.05, 4.69) is 20.9 Å². The van der Waals surface area contributed by atoms with Gasteiger partial charge in [0.25, 0.3) is 0 Å². The highest BCUT2D eigenvalue weighted by Crippen LogP contribution is 2.19. The van der Waals surface area contributed by atoms with Gasteiger partial charge in [-0.25, -0.2) is 4.99 Å². The van der Waals surface area contributed by atoms with E-state index in [1.807, 2.05) is 47.5 Å². The number of nitrogens with zero attached hydrogens (tertiary/aromatic N) is 5. The number of rotatable bonds is 4.